The molecule has 1 aromatic carbocycles. The van der Waals surface area contributed by atoms with Crippen molar-refractivity contribution in [1.82, 2.24) is 4.90 Å². The highest BCUT2D eigenvalue weighted by Crippen LogP contribution is 2.09. The molecule has 5 nitrogen and oxygen atoms in total. The third kappa shape index (κ3) is 3.24. The van der Waals surface area contributed by atoms with E-state index in [0.717, 1.165) is 5.69 Å². The first-order valence-corrected chi connectivity index (χ1v) is 5.00. The Morgan fingerprint density at radius 3 is 2.41 bits per heavy atom. The number of likely N-dealkylation sites (N-methyl/N-ethyl adjacent to an activating group) is 1. The molecule has 0 unspecified atom stereocenters. The van der Waals surface area contributed by atoms with E-state index >= 15 is 0 Å². The van der Waals surface area contributed by atoms with Gasteiger partial charge in [-0.3, -0.25) is 4.79 Å². The second kappa shape index (κ2) is 5.56. The van der Waals surface area contributed by atoms with Crippen molar-refractivity contribution in [3.63, 3.8) is 0 Å². The molecule has 1 aromatic rings. The van der Waals surface area contributed by atoms with Gasteiger partial charge in [-0.15, -0.1) is 0 Å². The van der Waals surface area contributed by atoms with Crippen LogP contribution in [0.3, 0.4) is 0 Å². The Hall–Kier alpha value is -2.48. The molecule has 0 bridgehead atoms. The van der Waals surface area contributed by atoms with Crippen LogP contribution in [0.25, 0.3) is 0 Å². The lowest BCUT2D eigenvalue weighted by Gasteiger charge is -2.12. The lowest BCUT2D eigenvalue weighted by atomic mass is 10.2. The van der Waals surface area contributed by atoms with Gasteiger partial charge in [0, 0.05) is 19.8 Å². The van der Waals surface area contributed by atoms with Crippen molar-refractivity contribution >= 4 is 11.6 Å². The van der Waals surface area contributed by atoms with Crippen molar-refractivity contribution in [2.24, 2.45) is 5.73 Å². The minimum Gasteiger partial charge on any atom is -0.384 e. The molecular formula is C12H14N4O. The van der Waals surface area contributed by atoms with E-state index in [0.29, 0.717) is 0 Å². The number of para-hydroxylation sites is 1. The van der Waals surface area contributed by atoms with Crippen LogP contribution >= 0.6 is 0 Å². The van der Waals surface area contributed by atoms with E-state index in [4.69, 9.17) is 11.0 Å². The Kier molecular flexibility index (Phi) is 4.12. The molecular weight excluding hydrogens is 216 g/mol. The molecule has 5 heteroatoms. The number of carbonyl (C=O) groups is 1. The maximum Gasteiger partial charge on any atom is 0.267 e. The molecule has 0 saturated carbocycles. The Labute approximate surface area is 100 Å². The van der Waals surface area contributed by atoms with Crippen molar-refractivity contribution in [3.8, 4) is 6.07 Å². The number of hydrogen-bond acceptors (Lipinski definition) is 4. The van der Waals surface area contributed by atoms with Crippen LogP contribution in [0.1, 0.15) is 0 Å². The summed E-state index contributed by atoms with van der Waals surface area (Å²) in [6.45, 7) is 0. The highest BCUT2D eigenvalue weighted by atomic mass is 16.2. The Morgan fingerprint density at radius 2 is 1.94 bits per heavy atom. The average molecular weight is 230 g/mol. The van der Waals surface area contributed by atoms with Gasteiger partial charge in [-0.2, -0.15) is 5.26 Å². The predicted molar refractivity (Wildman–Crippen MR) is 65.6 cm³/mol. The zero-order valence-electron chi connectivity index (χ0n) is 9.77. The van der Waals surface area contributed by atoms with Crippen molar-refractivity contribution in [1.29, 1.82) is 5.26 Å². The molecule has 17 heavy (non-hydrogen) atoms. The average Bonchev–Trinajstić information content (AvgIpc) is 2.30. The van der Waals surface area contributed by atoms with Crippen LogP contribution in [-0.2, 0) is 4.79 Å². The van der Waals surface area contributed by atoms with Crippen molar-refractivity contribution < 1.29 is 4.79 Å². The Morgan fingerprint density at radius 1 is 1.35 bits per heavy atom. The minimum atomic E-state index is -0.423. The summed E-state index contributed by atoms with van der Waals surface area (Å²) < 4.78 is 0. The molecule has 0 heterocycles. The molecule has 1 rings (SSSR count). The minimum absolute atomic E-state index is 0.0531. The summed E-state index contributed by atoms with van der Waals surface area (Å²) in [5, 5.41) is 11.7. The van der Waals surface area contributed by atoms with E-state index in [1.54, 1.807) is 32.3 Å². The van der Waals surface area contributed by atoms with Gasteiger partial charge in [0.15, 0.2) is 5.57 Å². The molecule has 0 radical (unpaired) electrons. The molecule has 0 atom stereocenters. The topological polar surface area (TPSA) is 82.2 Å². The number of nitrogens with two attached hydrogens (primary N) is 1. The van der Waals surface area contributed by atoms with Crippen LogP contribution in [0.2, 0.25) is 0 Å². The van der Waals surface area contributed by atoms with E-state index in [1.165, 1.54) is 4.90 Å². The smallest absolute Gasteiger partial charge is 0.267 e. The van der Waals surface area contributed by atoms with Crippen LogP contribution in [0.5, 0.6) is 0 Å². The first-order chi connectivity index (χ1) is 8.06. The highest BCUT2D eigenvalue weighted by molar-refractivity contribution is 5.98. The fraction of sp³-hybridized carbons (Fsp3) is 0.167. The molecule has 1 amide bonds. The number of benzene rings is 1. The maximum absolute atomic E-state index is 11.6. The normalized spacial score (nSPS) is 11.1. The summed E-state index contributed by atoms with van der Waals surface area (Å²) >= 11 is 0. The molecule has 0 spiro atoms. The zero-order chi connectivity index (χ0) is 12.8. The van der Waals surface area contributed by atoms with Gasteiger partial charge in [-0.25, -0.2) is 0 Å². The number of amides is 1. The van der Waals surface area contributed by atoms with E-state index < -0.39 is 5.91 Å². The number of nitrogens with one attached hydrogen (secondary N) is 1. The largest absolute Gasteiger partial charge is 0.384 e. The number of anilines is 1. The van der Waals surface area contributed by atoms with Crippen LogP contribution in [0, 0.1) is 11.3 Å². The predicted octanol–water partition coefficient (Wildman–Crippen LogP) is 0.881. The van der Waals surface area contributed by atoms with Gasteiger partial charge in [-0.1, -0.05) is 18.2 Å². The number of nitrogens with zero attached hydrogens (tertiary/aromatic N) is 2. The van der Waals surface area contributed by atoms with Gasteiger partial charge in [0.2, 0.25) is 0 Å². The summed E-state index contributed by atoms with van der Waals surface area (Å²) in [5.74, 6) is -0.370. The number of rotatable bonds is 3. The number of carbonyl (C=O) groups excluding carboxylic acids is 1. The molecule has 0 saturated heterocycles. The van der Waals surface area contributed by atoms with Gasteiger partial charge < -0.3 is 16.0 Å². The second-order valence-corrected chi connectivity index (χ2v) is 3.59. The molecule has 0 fully saturated rings. The standard InChI is InChI=1S/C12H14N4O/c1-16(2)12(17)10(8-13)11(14)15-9-6-4-3-5-7-9/h3-7,15H,14H2,1-2H3/b11-10+. The number of nitriles is 1. The van der Waals surface area contributed by atoms with E-state index in [-0.39, 0.29) is 11.4 Å². The van der Waals surface area contributed by atoms with Gasteiger partial charge >= 0.3 is 0 Å². The zero-order valence-corrected chi connectivity index (χ0v) is 9.77. The van der Waals surface area contributed by atoms with Crippen LogP contribution < -0.4 is 11.1 Å². The van der Waals surface area contributed by atoms with Gasteiger partial charge in [0.05, 0.1) is 0 Å². The number of hydrogen-bond donors (Lipinski definition) is 2. The second-order valence-electron chi connectivity index (χ2n) is 3.59. The lowest BCUT2D eigenvalue weighted by Crippen LogP contribution is -2.27. The quantitative estimate of drug-likeness (QED) is 0.596. The summed E-state index contributed by atoms with van der Waals surface area (Å²) in [6.07, 6.45) is 0. The molecule has 88 valence electrons. The molecule has 0 aromatic heterocycles. The van der Waals surface area contributed by atoms with Crippen molar-refractivity contribution in [3.05, 3.63) is 41.7 Å². The summed E-state index contributed by atoms with van der Waals surface area (Å²) in [7, 11) is 3.13. The Balaban J connectivity index is 2.96. The lowest BCUT2D eigenvalue weighted by molar-refractivity contribution is -0.124. The van der Waals surface area contributed by atoms with Crippen LogP contribution in [0.4, 0.5) is 5.69 Å². The molecule has 3 N–H and O–H groups in total. The van der Waals surface area contributed by atoms with E-state index in [1.807, 2.05) is 18.2 Å². The fourth-order valence-corrected chi connectivity index (χ4v) is 1.19. The monoisotopic (exact) mass is 230 g/mol. The van der Waals surface area contributed by atoms with Crippen molar-refractivity contribution in [2.45, 2.75) is 0 Å². The van der Waals surface area contributed by atoms with E-state index in [2.05, 4.69) is 5.32 Å². The fourth-order valence-electron chi connectivity index (χ4n) is 1.19. The summed E-state index contributed by atoms with van der Waals surface area (Å²) in [4.78, 5) is 12.9. The summed E-state index contributed by atoms with van der Waals surface area (Å²) in [5.41, 5.74) is 6.33. The highest BCUT2D eigenvalue weighted by Gasteiger charge is 2.15. The van der Waals surface area contributed by atoms with E-state index in [9.17, 15) is 4.79 Å². The third-order valence-electron chi connectivity index (χ3n) is 2.05. The molecule has 0 aliphatic rings. The first-order valence-electron chi connectivity index (χ1n) is 5.00. The maximum atomic E-state index is 11.6. The molecule has 0 aliphatic carbocycles. The van der Waals surface area contributed by atoms with Crippen LogP contribution in [-0.4, -0.2) is 24.9 Å². The van der Waals surface area contributed by atoms with Gasteiger partial charge in [0.25, 0.3) is 5.91 Å². The first kappa shape index (κ1) is 12.6. The Bertz CT molecular complexity index is 471. The van der Waals surface area contributed by atoms with Crippen LogP contribution in [0.15, 0.2) is 41.7 Å². The summed E-state index contributed by atoms with van der Waals surface area (Å²) in [6, 6.07) is 10.9. The molecule has 0 aliphatic heterocycles. The SMILES string of the molecule is CN(C)C(=O)/C(C#N)=C(\N)Nc1ccccc1. The third-order valence-corrected chi connectivity index (χ3v) is 2.05. The van der Waals surface area contributed by atoms with Gasteiger partial charge in [-0.05, 0) is 12.1 Å². The van der Waals surface area contributed by atoms with Crippen molar-refractivity contribution in [2.75, 3.05) is 19.4 Å². The van der Waals surface area contributed by atoms with Gasteiger partial charge in [0.1, 0.15) is 11.9 Å².